The second-order valence-corrected chi connectivity index (χ2v) is 5.41. The van der Waals surface area contributed by atoms with Gasteiger partial charge < -0.3 is 5.73 Å². The van der Waals surface area contributed by atoms with Crippen molar-refractivity contribution in [2.75, 3.05) is 6.54 Å². The second-order valence-electron chi connectivity index (χ2n) is 4.47. The number of thiazole rings is 1. The molecule has 18 heavy (non-hydrogen) atoms. The molecule has 0 bridgehead atoms. The van der Waals surface area contributed by atoms with Crippen LogP contribution in [0.5, 0.6) is 0 Å². The highest BCUT2D eigenvalue weighted by Gasteiger charge is 2.04. The van der Waals surface area contributed by atoms with Gasteiger partial charge in [-0.25, -0.2) is 4.98 Å². The van der Waals surface area contributed by atoms with Crippen molar-refractivity contribution in [1.29, 1.82) is 0 Å². The van der Waals surface area contributed by atoms with Crippen molar-refractivity contribution in [3.05, 3.63) is 40.2 Å². The molecule has 0 aliphatic rings. The van der Waals surface area contributed by atoms with Crippen LogP contribution in [0.1, 0.15) is 30.3 Å². The van der Waals surface area contributed by atoms with E-state index < -0.39 is 0 Å². The van der Waals surface area contributed by atoms with Crippen LogP contribution in [0.25, 0.3) is 11.3 Å². The van der Waals surface area contributed by atoms with Crippen LogP contribution in [0.2, 0.25) is 0 Å². The maximum absolute atomic E-state index is 5.54. The molecular formula is C15H20N2S. The third kappa shape index (κ3) is 3.40. The molecule has 1 aromatic carbocycles. The van der Waals surface area contributed by atoms with E-state index in [2.05, 4.69) is 41.6 Å². The van der Waals surface area contributed by atoms with Gasteiger partial charge in [-0.2, -0.15) is 0 Å². The second kappa shape index (κ2) is 6.66. The van der Waals surface area contributed by atoms with Gasteiger partial charge in [-0.05, 0) is 24.9 Å². The summed E-state index contributed by atoms with van der Waals surface area (Å²) in [5, 5.41) is 3.24. The number of hydrogen-bond acceptors (Lipinski definition) is 3. The maximum Gasteiger partial charge on any atom is 0.0945 e. The van der Waals surface area contributed by atoms with Gasteiger partial charge in [0.2, 0.25) is 0 Å². The molecule has 1 aromatic heterocycles. The van der Waals surface area contributed by atoms with Crippen LogP contribution in [-0.2, 0) is 12.8 Å². The van der Waals surface area contributed by atoms with E-state index in [4.69, 9.17) is 5.73 Å². The van der Waals surface area contributed by atoms with Crippen molar-refractivity contribution in [3.8, 4) is 11.3 Å². The number of rotatable bonds is 6. The first-order chi connectivity index (χ1) is 8.83. The number of unbranched alkanes of at least 4 members (excludes halogenated alkanes) is 1. The van der Waals surface area contributed by atoms with Crippen LogP contribution < -0.4 is 5.73 Å². The van der Waals surface area contributed by atoms with Crippen LogP contribution in [0.15, 0.2) is 29.6 Å². The Kier molecular flexibility index (Phi) is 4.90. The van der Waals surface area contributed by atoms with E-state index in [9.17, 15) is 0 Å². The van der Waals surface area contributed by atoms with Gasteiger partial charge in [-0.3, -0.25) is 0 Å². The molecule has 0 unspecified atom stereocenters. The SMILES string of the molecule is CCCCc1ccc(-c2csc(CCN)n2)cc1. The standard InChI is InChI=1S/C15H20N2S/c1-2-3-4-12-5-7-13(8-6-12)14-11-18-15(17-14)9-10-16/h5-8,11H,2-4,9-10,16H2,1H3. The predicted molar refractivity (Wildman–Crippen MR) is 78.9 cm³/mol. The van der Waals surface area contributed by atoms with Crippen molar-refractivity contribution in [2.24, 2.45) is 5.73 Å². The normalized spacial score (nSPS) is 10.8. The highest BCUT2D eigenvalue weighted by Crippen LogP contribution is 2.22. The lowest BCUT2D eigenvalue weighted by Crippen LogP contribution is -2.01. The third-order valence-electron chi connectivity index (χ3n) is 2.98. The molecule has 0 fully saturated rings. The van der Waals surface area contributed by atoms with E-state index in [1.807, 2.05) is 0 Å². The number of hydrogen-bond donors (Lipinski definition) is 1. The Hall–Kier alpha value is -1.19. The molecule has 0 saturated carbocycles. The summed E-state index contributed by atoms with van der Waals surface area (Å²) >= 11 is 1.70. The monoisotopic (exact) mass is 260 g/mol. The summed E-state index contributed by atoms with van der Waals surface area (Å²) < 4.78 is 0. The molecule has 1 heterocycles. The van der Waals surface area contributed by atoms with Crippen LogP contribution in [0.3, 0.4) is 0 Å². The van der Waals surface area contributed by atoms with Gasteiger partial charge in [0, 0.05) is 17.4 Å². The number of nitrogens with two attached hydrogens (primary N) is 1. The number of aryl methyl sites for hydroxylation is 1. The molecule has 0 aliphatic carbocycles. The Morgan fingerprint density at radius 1 is 1.17 bits per heavy atom. The zero-order chi connectivity index (χ0) is 12.8. The molecule has 2 nitrogen and oxygen atoms in total. The zero-order valence-corrected chi connectivity index (χ0v) is 11.7. The molecule has 96 valence electrons. The first-order valence-corrected chi connectivity index (χ1v) is 7.45. The highest BCUT2D eigenvalue weighted by atomic mass is 32.1. The van der Waals surface area contributed by atoms with Crippen molar-refractivity contribution in [1.82, 2.24) is 4.98 Å². The minimum atomic E-state index is 0.670. The number of nitrogens with zero attached hydrogens (tertiary/aromatic N) is 1. The Morgan fingerprint density at radius 3 is 2.61 bits per heavy atom. The van der Waals surface area contributed by atoms with E-state index in [-0.39, 0.29) is 0 Å². The fourth-order valence-corrected chi connectivity index (χ4v) is 2.73. The Balaban J connectivity index is 2.07. The van der Waals surface area contributed by atoms with E-state index in [1.165, 1.54) is 30.4 Å². The minimum Gasteiger partial charge on any atom is -0.330 e. The van der Waals surface area contributed by atoms with Crippen molar-refractivity contribution < 1.29 is 0 Å². The summed E-state index contributed by atoms with van der Waals surface area (Å²) in [6.07, 6.45) is 4.55. The van der Waals surface area contributed by atoms with Crippen LogP contribution >= 0.6 is 11.3 Å². The van der Waals surface area contributed by atoms with Gasteiger partial charge >= 0.3 is 0 Å². The van der Waals surface area contributed by atoms with Crippen molar-refractivity contribution >= 4 is 11.3 Å². The molecule has 0 radical (unpaired) electrons. The topological polar surface area (TPSA) is 38.9 Å². The largest absolute Gasteiger partial charge is 0.330 e. The lowest BCUT2D eigenvalue weighted by atomic mass is 10.1. The average Bonchev–Trinajstić information content (AvgIpc) is 2.86. The lowest BCUT2D eigenvalue weighted by Gasteiger charge is -2.01. The molecule has 0 spiro atoms. The molecule has 2 N–H and O–H groups in total. The Labute approximate surface area is 113 Å². The van der Waals surface area contributed by atoms with E-state index >= 15 is 0 Å². The van der Waals surface area contributed by atoms with E-state index in [0.29, 0.717) is 6.54 Å². The first kappa shape index (κ1) is 13.2. The smallest absolute Gasteiger partial charge is 0.0945 e. The molecule has 2 aromatic rings. The minimum absolute atomic E-state index is 0.670. The first-order valence-electron chi connectivity index (χ1n) is 6.57. The summed E-state index contributed by atoms with van der Waals surface area (Å²) in [6, 6.07) is 8.78. The molecule has 3 heteroatoms. The predicted octanol–water partition coefficient (Wildman–Crippen LogP) is 3.65. The lowest BCUT2D eigenvalue weighted by molar-refractivity contribution is 0.795. The fourth-order valence-electron chi connectivity index (χ4n) is 1.90. The zero-order valence-electron chi connectivity index (χ0n) is 10.9. The van der Waals surface area contributed by atoms with E-state index in [1.54, 1.807) is 11.3 Å². The molecule has 0 atom stereocenters. The van der Waals surface area contributed by atoms with Gasteiger partial charge in [-0.15, -0.1) is 11.3 Å². The molecule has 0 saturated heterocycles. The van der Waals surface area contributed by atoms with Crippen LogP contribution in [-0.4, -0.2) is 11.5 Å². The van der Waals surface area contributed by atoms with E-state index in [0.717, 1.165) is 17.1 Å². The summed E-state index contributed by atoms with van der Waals surface area (Å²) in [6.45, 7) is 2.89. The van der Waals surface area contributed by atoms with Gasteiger partial charge in [-0.1, -0.05) is 37.6 Å². The van der Waals surface area contributed by atoms with Crippen LogP contribution in [0, 0.1) is 0 Å². The highest BCUT2D eigenvalue weighted by molar-refractivity contribution is 7.09. The molecule has 2 rings (SSSR count). The summed E-state index contributed by atoms with van der Waals surface area (Å²) in [5.41, 5.74) is 9.23. The average molecular weight is 260 g/mol. The van der Waals surface area contributed by atoms with Crippen molar-refractivity contribution in [3.63, 3.8) is 0 Å². The quantitative estimate of drug-likeness (QED) is 0.861. The molecule has 0 aliphatic heterocycles. The van der Waals surface area contributed by atoms with Gasteiger partial charge in [0.1, 0.15) is 0 Å². The Morgan fingerprint density at radius 2 is 1.94 bits per heavy atom. The third-order valence-corrected chi connectivity index (χ3v) is 3.89. The molecule has 0 amide bonds. The Bertz CT molecular complexity index is 473. The van der Waals surface area contributed by atoms with Crippen molar-refractivity contribution in [2.45, 2.75) is 32.6 Å². The van der Waals surface area contributed by atoms with Crippen LogP contribution in [0.4, 0.5) is 0 Å². The number of aromatic nitrogens is 1. The fraction of sp³-hybridized carbons (Fsp3) is 0.400. The van der Waals surface area contributed by atoms with Gasteiger partial charge in [0.25, 0.3) is 0 Å². The number of benzene rings is 1. The molecular weight excluding hydrogens is 240 g/mol. The summed E-state index contributed by atoms with van der Waals surface area (Å²) in [5.74, 6) is 0. The maximum atomic E-state index is 5.54. The summed E-state index contributed by atoms with van der Waals surface area (Å²) in [7, 11) is 0. The summed E-state index contributed by atoms with van der Waals surface area (Å²) in [4.78, 5) is 4.60. The van der Waals surface area contributed by atoms with Gasteiger partial charge in [0.15, 0.2) is 0 Å². The van der Waals surface area contributed by atoms with Gasteiger partial charge in [0.05, 0.1) is 10.7 Å².